The van der Waals surface area contributed by atoms with E-state index in [9.17, 15) is 0 Å². The van der Waals surface area contributed by atoms with E-state index in [1.807, 2.05) is 11.3 Å². The van der Waals surface area contributed by atoms with Gasteiger partial charge in [-0.05, 0) is 118 Å². The highest BCUT2D eigenvalue weighted by Gasteiger charge is 2.35. The van der Waals surface area contributed by atoms with Crippen LogP contribution in [0.3, 0.4) is 0 Å². The lowest BCUT2D eigenvalue weighted by molar-refractivity contribution is 0.661. The zero-order valence-corrected chi connectivity index (χ0v) is 32.0. The van der Waals surface area contributed by atoms with Crippen molar-refractivity contribution < 1.29 is 0 Å². The van der Waals surface area contributed by atoms with Gasteiger partial charge < -0.3 is 0 Å². The van der Waals surface area contributed by atoms with Crippen molar-refractivity contribution in [3.63, 3.8) is 0 Å². The second kappa shape index (κ2) is 11.7. The van der Waals surface area contributed by atoms with E-state index in [1.54, 1.807) is 0 Å². The number of benzene rings is 10. The molecular formula is C55H36S. The molecule has 0 N–H and O–H groups in total. The first-order valence-electron chi connectivity index (χ1n) is 19.6. The molecule has 0 bridgehead atoms. The Morgan fingerprint density at radius 2 is 0.929 bits per heavy atom. The van der Waals surface area contributed by atoms with Crippen LogP contribution < -0.4 is 0 Å². The van der Waals surface area contributed by atoms with Gasteiger partial charge >= 0.3 is 0 Å². The Bertz CT molecular complexity index is 3390. The molecule has 0 aliphatic heterocycles. The maximum Gasteiger partial charge on any atom is 0.0434 e. The van der Waals surface area contributed by atoms with Crippen molar-refractivity contribution in [2.45, 2.75) is 19.3 Å². The van der Waals surface area contributed by atoms with Gasteiger partial charge in [0, 0.05) is 31.0 Å². The summed E-state index contributed by atoms with van der Waals surface area (Å²) in [5.74, 6) is 0. The Hall–Kier alpha value is -6.54. The van der Waals surface area contributed by atoms with Crippen molar-refractivity contribution in [3.05, 3.63) is 193 Å². The fraction of sp³-hybridized carbons (Fsp3) is 0.0545. The fourth-order valence-corrected chi connectivity index (χ4v) is 11.2. The first kappa shape index (κ1) is 31.8. The van der Waals surface area contributed by atoms with E-state index in [-0.39, 0.29) is 5.41 Å². The molecule has 1 heteroatoms. The lowest BCUT2D eigenvalue weighted by Gasteiger charge is -2.21. The van der Waals surface area contributed by atoms with Gasteiger partial charge in [-0.2, -0.15) is 0 Å². The normalized spacial score (nSPS) is 13.3. The monoisotopic (exact) mass is 728 g/mol. The average Bonchev–Trinajstić information content (AvgIpc) is 3.73. The third-order valence-electron chi connectivity index (χ3n) is 12.6. The van der Waals surface area contributed by atoms with Gasteiger partial charge in [-0.1, -0.05) is 172 Å². The molecule has 0 saturated heterocycles. The standard InChI is InChI=1S/C55H36S/c1-55(2)49-24-10-9-18-39(49)47-31-48-45-28-27-34-25-26-36(30-46(34)54(45)56-51(48)32-50(47)55)35-15-11-16-37(29-35)52-41-19-5-7-21-43(41)53(44-22-8-6-20-42(44)52)40-23-12-14-33-13-3-4-17-38(33)40/h3-32H,1-2H3. The van der Waals surface area contributed by atoms with Crippen LogP contribution >= 0.6 is 11.3 Å². The molecule has 1 heterocycles. The molecule has 11 aromatic rings. The van der Waals surface area contributed by atoms with Gasteiger partial charge in [0.25, 0.3) is 0 Å². The molecule has 10 aromatic carbocycles. The minimum atomic E-state index is -0.0105. The third-order valence-corrected chi connectivity index (χ3v) is 13.8. The molecule has 0 saturated carbocycles. The zero-order valence-electron chi connectivity index (χ0n) is 31.2. The van der Waals surface area contributed by atoms with Gasteiger partial charge in [0.2, 0.25) is 0 Å². The van der Waals surface area contributed by atoms with Gasteiger partial charge in [-0.3, -0.25) is 0 Å². The average molecular weight is 729 g/mol. The van der Waals surface area contributed by atoms with Gasteiger partial charge in [-0.15, -0.1) is 11.3 Å². The van der Waals surface area contributed by atoms with Crippen LogP contribution in [0, 0.1) is 0 Å². The van der Waals surface area contributed by atoms with E-state index < -0.39 is 0 Å². The van der Waals surface area contributed by atoms with Crippen molar-refractivity contribution in [2.75, 3.05) is 0 Å². The SMILES string of the molecule is CC1(C)c2ccccc2-c2cc3c(cc21)sc1c2cc(-c4cccc(-c5c6ccccc6c(-c6cccc7ccccc67)c6ccccc56)c4)ccc2ccc31. The van der Waals surface area contributed by atoms with E-state index in [4.69, 9.17) is 0 Å². The molecule has 0 atom stereocenters. The Balaban J connectivity index is 1.04. The Kier molecular flexibility index (Phi) is 6.66. The molecule has 0 amide bonds. The largest absolute Gasteiger partial charge is 0.135 e. The number of fused-ring (bicyclic) bond motifs is 11. The van der Waals surface area contributed by atoms with Crippen molar-refractivity contribution >= 4 is 74.6 Å². The summed E-state index contributed by atoms with van der Waals surface area (Å²) in [7, 11) is 0. The molecule has 0 unspecified atom stereocenters. The van der Waals surface area contributed by atoms with E-state index >= 15 is 0 Å². The molecule has 12 rings (SSSR count). The topological polar surface area (TPSA) is 0 Å². The number of hydrogen-bond acceptors (Lipinski definition) is 1. The number of hydrogen-bond donors (Lipinski definition) is 0. The van der Waals surface area contributed by atoms with Crippen LogP contribution in [0.4, 0.5) is 0 Å². The lowest BCUT2D eigenvalue weighted by atomic mass is 9.82. The quantitative estimate of drug-likeness (QED) is 0.159. The van der Waals surface area contributed by atoms with Crippen molar-refractivity contribution in [1.29, 1.82) is 0 Å². The lowest BCUT2D eigenvalue weighted by Crippen LogP contribution is -2.14. The van der Waals surface area contributed by atoms with Crippen LogP contribution in [0.2, 0.25) is 0 Å². The minimum absolute atomic E-state index is 0.0105. The van der Waals surface area contributed by atoms with Crippen molar-refractivity contribution in [3.8, 4) is 44.5 Å². The second-order valence-electron chi connectivity index (χ2n) is 16.0. The van der Waals surface area contributed by atoms with Crippen LogP contribution in [0.25, 0.3) is 108 Å². The summed E-state index contributed by atoms with van der Waals surface area (Å²) in [6.07, 6.45) is 0. The van der Waals surface area contributed by atoms with Crippen LogP contribution in [-0.2, 0) is 5.41 Å². The summed E-state index contributed by atoms with van der Waals surface area (Å²) < 4.78 is 2.73. The first-order chi connectivity index (χ1) is 27.5. The molecule has 56 heavy (non-hydrogen) atoms. The molecular weight excluding hydrogens is 693 g/mol. The highest BCUT2D eigenvalue weighted by atomic mass is 32.1. The van der Waals surface area contributed by atoms with E-state index in [0.717, 1.165) is 0 Å². The van der Waals surface area contributed by atoms with Crippen LogP contribution in [0.5, 0.6) is 0 Å². The molecule has 1 aliphatic rings. The summed E-state index contributed by atoms with van der Waals surface area (Å²) in [6, 6.07) is 68.2. The van der Waals surface area contributed by atoms with Crippen molar-refractivity contribution in [1.82, 2.24) is 0 Å². The Morgan fingerprint density at radius 3 is 1.73 bits per heavy atom. The first-order valence-corrected chi connectivity index (χ1v) is 20.4. The molecule has 0 nitrogen and oxygen atoms in total. The molecule has 0 fully saturated rings. The summed E-state index contributed by atoms with van der Waals surface area (Å²) in [6.45, 7) is 4.75. The third kappa shape index (κ3) is 4.47. The van der Waals surface area contributed by atoms with Gasteiger partial charge in [0.15, 0.2) is 0 Å². The molecule has 262 valence electrons. The summed E-state index contributed by atoms with van der Waals surface area (Å²) >= 11 is 1.94. The maximum absolute atomic E-state index is 2.48. The zero-order chi connectivity index (χ0) is 37.1. The highest BCUT2D eigenvalue weighted by molar-refractivity contribution is 7.26. The van der Waals surface area contributed by atoms with E-state index in [1.165, 1.54) is 119 Å². The predicted octanol–water partition coefficient (Wildman–Crippen LogP) is 16.0. The summed E-state index contributed by atoms with van der Waals surface area (Å²) in [5, 5.41) is 12.9. The maximum atomic E-state index is 2.48. The van der Waals surface area contributed by atoms with Gasteiger partial charge in [-0.25, -0.2) is 0 Å². The van der Waals surface area contributed by atoms with Crippen LogP contribution in [-0.4, -0.2) is 0 Å². The number of thiophene rings is 1. The summed E-state index contributed by atoms with van der Waals surface area (Å²) in [4.78, 5) is 0. The highest BCUT2D eigenvalue weighted by Crippen LogP contribution is 2.52. The predicted molar refractivity (Wildman–Crippen MR) is 243 cm³/mol. The number of rotatable bonds is 3. The van der Waals surface area contributed by atoms with E-state index in [0.29, 0.717) is 0 Å². The fourth-order valence-electron chi connectivity index (χ4n) is 9.95. The molecule has 1 aliphatic carbocycles. The van der Waals surface area contributed by atoms with Gasteiger partial charge in [0.05, 0.1) is 0 Å². The Morgan fingerprint density at radius 1 is 0.339 bits per heavy atom. The second-order valence-corrected chi connectivity index (χ2v) is 17.0. The molecule has 1 aromatic heterocycles. The smallest absolute Gasteiger partial charge is 0.0434 e. The summed E-state index contributed by atoms with van der Waals surface area (Å²) in [5.41, 5.74) is 13.2. The molecule has 0 radical (unpaired) electrons. The van der Waals surface area contributed by atoms with Gasteiger partial charge in [0.1, 0.15) is 0 Å². The minimum Gasteiger partial charge on any atom is -0.135 e. The molecule has 0 spiro atoms. The van der Waals surface area contributed by atoms with E-state index in [2.05, 4.69) is 196 Å². The van der Waals surface area contributed by atoms with Crippen molar-refractivity contribution in [2.24, 2.45) is 0 Å². The Labute approximate surface area is 329 Å². The van der Waals surface area contributed by atoms with Crippen LogP contribution in [0.15, 0.2) is 182 Å². The van der Waals surface area contributed by atoms with Crippen LogP contribution in [0.1, 0.15) is 25.0 Å².